The molecule has 1 aliphatic rings. The van der Waals surface area contributed by atoms with Gasteiger partial charge in [0, 0.05) is 46.0 Å². The number of piperazine rings is 1. The van der Waals surface area contributed by atoms with Crippen molar-refractivity contribution in [2.45, 2.75) is 0 Å². The molecule has 1 saturated heterocycles. The zero-order chi connectivity index (χ0) is 19.4. The molecule has 0 unspecified atom stereocenters. The minimum atomic E-state index is -3.54. The maximum absolute atomic E-state index is 11.8. The van der Waals surface area contributed by atoms with Crippen LogP contribution in [0.3, 0.4) is 0 Å². The molecule has 9 heteroatoms. The Balaban J connectivity index is 1.59. The highest BCUT2D eigenvalue weighted by Crippen LogP contribution is 2.23. The number of hydrogen-bond acceptors (Lipinski definition) is 6. The average molecular weight is 391 g/mol. The van der Waals surface area contributed by atoms with E-state index in [4.69, 9.17) is 4.74 Å². The van der Waals surface area contributed by atoms with Crippen LogP contribution in [-0.4, -0.2) is 65.1 Å². The zero-order valence-electron chi connectivity index (χ0n) is 15.8. The molecular weight excluding hydrogens is 366 g/mol. The molecule has 8 nitrogen and oxygen atoms in total. The number of nitrogens with zero attached hydrogens (tertiary/aromatic N) is 4. The van der Waals surface area contributed by atoms with Crippen molar-refractivity contribution >= 4 is 27.4 Å². The van der Waals surface area contributed by atoms with Crippen molar-refractivity contribution in [2.75, 3.05) is 61.9 Å². The molecule has 1 fully saturated rings. The molecule has 1 N–H and O–H groups in total. The summed E-state index contributed by atoms with van der Waals surface area (Å²) in [6.45, 7) is 3.55. The Hall–Kier alpha value is -2.52. The van der Waals surface area contributed by atoms with E-state index in [1.54, 1.807) is 19.4 Å². The summed E-state index contributed by atoms with van der Waals surface area (Å²) in [5, 5.41) is 0. The van der Waals surface area contributed by atoms with E-state index < -0.39 is 10.2 Å². The van der Waals surface area contributed by atoms with Gasteiger partial charge in [-0.05, 0) is 36.4 Å². The first-order valence-electron chi connectivity index (χ1n) is 8.69. The lowest BCUT2D eigenvalue weighted by Crippen LogP contribution is -2.46. The number of pyridine rings is 1. The van der Waals surface area contributed by atoms with E-state index in [1.807, 2.05) is 18.2 Å². The number of anilines is 3. The molecule has 1 aromatic carbocycles. The van der Waals surface area contributed by atoms with Crippen molar-refractivity contribution in [3.8, 4) is 5.75 Å². The molecule has 1 aromatic heterocycles. The zero-order valence-corrected chi connectivity index (χ0v) is 16.6. The van der Waals surface area contributed by atoms with Crippen LogP contribution in [-0.2, 0) is 10.2 Å². The van der Waals surface area contributed by atoms with E-state index in [-0.39, 0.29) is 0 Å². The van der Waals surface area contributed by atoms with E-state index in [0.717, 1.165) is 41.9 Å². The predicted molar refractivity (Wildman–Crippen MR) is 108 cm³/mol. The Morgan fingerprint density at radius 3 is 2.00 bits per heavy atom. The Bertz CT molecular complexity index is 846. The minimum absolute atomic E-state index is 0.310. The van der Waals surface area contributed by atoms with Gasteiger partial charge in [-0.15, -0.1) is 0 Å². The molecule has 146 valence electrons. The highest BCUT2D eigenvalue weighted by atomic mass is 32.2. The SMILES string of the molecule is COc1ccc(N2CCN(c3ccc(NS(=O)(=O)N(C)C)nc3)CC2)cc1. The van der Waals surface area contributed by atoms with Crippen LogP contribution in [0, 0.1) is 0 Å². The molecular formula is C18H25N5O3S. The van der Waals surface area contributed by atoms with Gasteiger partial charge in [-0.25, -0.2) is 4.98 Å². The van der Waals surface area contributed by atoms with Crippen molar-refractivity contribution in [1.29, 1.82) is 0 Å². The summed E-state index contributed by atoms with van der Waals surface area (Å²) in [5.41, 5.74) is 2.17. The molecule has 0 atom stereocenters. The summed E-state index contributed by atoms with van der Waals surface area (Å²) in [6, 6.07) is 11.7. The van der Waals surface area contributed by atoms with Crippen molar-refractivity contribution in [2.24, 2.45) is 0 Å². The molecule has 0 bridgehead atoms. The van der Waals surface area contributed by atoms with Crippen LogP contribution < -0.4 is 19.3 Å². The molecule has 27 heavy (non-hydrogen) atoms. The summed E-state index contributed by atoms with van der Waals surface area (Å²) in [7, 11) is 1.07. The highest BCUT2D eigenvalue weighted by molar-refractivity contribution is 7.90. The molecule has 0 amide bonds. The summed E-state index contributed by atoms with van der Waals surface area (Å²) in [4.78, 5) is 8.82. The van der Waals surface area contributed by atoms with Gasteiger partial charge in [-0.3, -0.25) is 4.72 Å². The van der Waals surface area contributed by atoms with Crippen molar-refractivity contribution in [1.82, 2.24) is 9.29 Å². The fraction of sp³-hybridized carbons (Fsp3) is 0.389. The first-order chi connectivity index (χ1) is 12.9. The molecule has 0 spiro atoms. The van der Waals surface area contributed by atoms with Crippen LogP contribution in [0.2, 0.25) is 0 Å². The average Bonchev–Trinajstić information content (AvgIpc) is 2.68. The quantitative estimate of drug-likeness (QED) is 0.807. The topological polar surface area (TPSA) is 78.0 Å². The van der Waals surface area contributed by atoms with Gasteiger partial charge >= 0.3 is 10.2 Å². The van der Waals surface area contributed by atoms with E-state index in [1.165, 1.54) is 19.8 Å². The second-order valence-corrected chi connectivity index (χ2v) is 8.35. The van der Waals surface area contributed by atoms with E-state index >= 15 is 0 Å². The van der Waals surface area contributed by atoms with Crippen LogP contribution in [0.4, 0.5) is 17.2 Å². The fourth-order valence-corrected chi connectivity index (χ4v) is 3.44. The number of rotatable bonds is 6. The summed E-state index contributed by atoms with van der Waals surface area (Å²) < 4.78 is 32.5. The maximum Gasteiger partial charge on any atom is 0.302 e. The third kappa shape index (κ3) is 4.61. The molecule has 0 aliphatic carbocycles. The fourth-order valence-electron chi connectivity index (χ4n) is 2.87. The molecule has 1 aliphatic heterocycles. The number of benzene rings is 1. The van der Waals surface area contributed by atoms with Gasteiger partial charge in [0.15, 0.2) is 0 Å². The number of ether oxygens (including phenoxy) is 1. The van der Waals surface area contributed by atoms with Gasteiger partial charge in [0.1, 0.15) is 11.6 Å². The lowest BCUT2D eigenvalue weighted by Gasteiger charge is -2.37. The standard InChI is InChI=1S/C18H25N5O3S/c1-21(2)27(24,25)20-18-9-6-16(14-19-18)23-12-10-22(11-13-23)15-4-7-17(26-3)8-5-15/h4-9,14H,10-13H2,1-3H3,(H,19,20). The van der Waals surface area contributed by atoms with Crippen LogP contribution in [0.25, 0.3) is 0 Å². The minimum Gasteiger partial charge on any atom is -0.497 e. The Morgan fingerprint density at radius 2 is 1.52 bits per heavy atom. The lowest BCUT2D eigenvalue weighted by atomic mass is 10.2. The second kappa shape index (κ2) is 8.01. The monoisotopic (exact) mass is 391 g/mol. The first-order valence-corrected chi connectivity index (χ1v) is 10.1. The molecule has 2 heterocycles. The third-order valence-corrected chi connectivity index (χ3v) is 5.97. The highest BCUT2D eigenvalue weighted by Gasteiger charge is 2.19. The summed E-state index contributed by atoms with van der Waals surface area (Å²) >= 11 is 0. The van der Waals surface area contributed by atoms with Crippen molar-refractivity contribution in [3.63, 3.8) is 0 Å². The van der Waals surface area contributed by atoms with E-state index in [2.05, 4.69) is 31.6 Å². The summed E-state index contributed by atoms with van der Waals surface area (Å²) in [6.07, 6.45) is 1.70. The van der Waals surface area contributed by atoms with E-state index in [0.29, 0.717) is 5.82 Å². The van der Waals surface area contributed by atoms with Crippen molar-refractivity contribution in [3.05, 3.63) is 42.6 Å². The number of nitrogens with one attached hydrogen (secondary N) is 1. The van der Waals surface area contributed by atoms with E-state index in [9.17, 15) is 8.42 Å². The maximum atomic E-state index is 11.8. The number of hydrogen-bond donors (Lipinski definition) is 1. The van der Waals surface area contributed by atoms with Crippen LogP contribution in [0.5, 0.6) is 5.75 Å². The number of aromatic nitrogens is 1. The van der Waals surface area contributed by atoms with Crippen LogP contribution >= 0.6 is 0 Å². The Morgan fingerprint density at radius 1 is 0.963 bits per heavy atom. The normalized spacial score (nSPS) is 15.1. The molecule has 3 rings (SSSR count). The van der Waals surface area contributed by atoms with Gasteiger partial charge in [-0.1, -0.05) is 0 Å². The first kappa shape index (κ1) is 19.2. The van der Waals surface area contributed by atoms with Gasteiger partial charge in [-0.2, -0.15) is 12.7 Å². The molecule has 0 saturated carbocycles. The van der Waals surface area contributed by atoms with Gasteiger partial charge in [0.05, 0.1) is 19.0 Å². The van der Waals surface area contributed by atoms with Gasteiger partial charge in [0.2, 0.25) is 0 Å². The third-order valence-electron chi connectivity index (χ3n) is 4.54. The Kier molecular flexibility index (Phi) is 5.71. The Labute approximate surface area is 160 Å². The number of methoxy groups -OCH3 is 1. The van der Waals surface area contributed by atoms with Gasteiger partial charge < -0.3 is 14.5 Å². The van der Waals surface area contributed by atoms with Crippen molar-refractivity contribution < 1.29 is 13.2 Å². The lowest BCUT2D eigenvalue weighted by molar-refractivity contribution is 0.415. The predicted octanol–water partition coefficient (Wildman–Crippen LogP) is 1.64. The van der Waals surface area contributed by atoms with Crippen LogP contribution in [0.15, 0.2) is 42.6 Å². The smallest absolute Gasteiger partial charge is 0.302 e. The second-order valence-electron chi connectivity index (χ2n) is 6.46. The molecule has 2 aromatic rings. The van der Waals surface area contributed by atoms with Gasteiger partial charge in [0.25, 0.3) is 0 Å². The van der Waals surface area contributed by atoms with Crippen LogP contribution in [0.1, 0.15) is 0 Å². The summed E-state index contributed by atoms with van der Waals surface area (Å²) in [5.74, 6) is 1.16. The molecule has 0 radical (unpaired) electrons. The largest absolute Gasteiger partial charge is 0.497 e.